The highest BCUT2D eigenvalue weighted by Crippen LogP contribution is 2.06. The van der Waals surface area contributed by atoms with Gasteiger partial charge in [-0.05, 0) is 19.1 Å². The maximum absolute atomic E-state index is 13.0. The summed E-state index contributed by atoms with van der Waals surface area (Å²) in [6, 6.07) is 2.68. The van der Waals surface area contributed by atoms with E-state index >= 15 is 0 Å². The lowest BCUT2D eigenvalue weighted by Crippen LogP contribution is -2.04. The van der Waals surface area contributed by atoms with E-state index in [1.54, 1.807) is 6.92 Å². The molecule has 1 aromatic rings. The summed E-state index contributed by atoms with van der Waals surface area (Å²) < 4.78 is 13.0. The molecule has 0 unspecified atom stereocenters. The van der Waals surface area contributed by atoms with Gasteiger partial charge in [0.15, 0.2) is 11.6 Å². The van der Waals surface area contributed by atoms with Gasteiger partial charge in [0.25, 0.3) is 0 Å². The summed E-state index contributed by atoms with van der Waals surface area (Å²) in [5.74, 6) is 4.55. The van der Waals surface area contributed by atoms with E-state index in [0.29, 0.717) is 6.42 Å². The number of pyridine rings is 1. The number of carbonyl (C=O) groups excluding carboxylic acids is 1. The minimum Gasteiger partial charge on any atom is -0.292 e. The number of hydrogen-bond donors (Lipinski definition) is 0. The van der Waals surface area contributed by atoms with E-state index in [2.05, 4.69) is 16.8 Å². The molecule has 0 amide bonds. The van der Waals surface area contributed by atoms with Gasteiger partial charge in [-0.2, -0.15) is 0 Å². The molecule has 2 nitrogen and oxygen atoms in total. The Labute approximate surface area is 82.2 Å². The maximum Gasteiger partial charge on any atom is 0.185 e. The Morgan fingerprint density at radius 2 is 2.43 bits per heavy atom. The van der Waals surface area contributed by atoms with Crippen LogP contribution in [0.3, 0.4) is 0 Å². The van der Waals surface area contributed by atoms with Crippen molar-refractivity contribution in [1.82, 2.24) is 4.98 Å². The molecule has 0 N–H and O–H groups in total. The van der Waals surface area contributed by atoms with Crippen LogP contribution in [0.5, 0.6) is 0 Å². The van der Waals surface area contributed by atoms with E-state index in [1.165, 1.54) is 18.3 Å². The minimum absolute atomic E-state index is 0.0922. The second kappa shape index (κ2) is 5.13. The van der Waals surface area contributed by atoms with Crippen molar-refractivity contribution in [1.29, 1.82) is 0 Å². The summed E-state index contributed by atoms with van der Waals surface area (Å²) in [4.78, 5) is 15.1. The molecule has 1 aromatic heterocycles. The summed E-state index contributed by atoms with van der Waals surface area (Å²) in [5, 5.41) is 0. The molecule has 3 heteroatoms. The number of carbonyl (C=O) groups is 1. The number of Topliss-reactive ketones (excluding diaryl/α,β-unsaturated/α-hetero) is 1. The first-order valence-electron chi connectivity index (χ1n) is 4.29. The molecule has 0 aliphatic heterocycles. The van der Waals surface area contributed by atoms with Crippen molar-refractivity contribution in [3.63, 3.8) is 0 Å². The van der Waals surface area contributed by atoms with Crippen LogP contribution in [0.4, 0.5) is 4.39 Å². The van der Waals surface area contributed by atoms with Crippen molar-refractivity contribution >= 4 is 5.78 Å². The molecule has 0 radical (unpaired) electrons. The Kier molecular flexibility index (Phi) is 3.81. The predicted octanol–water partition coefficient (Wildman–Crippen LogP) is 2.21. The molecule has 72 valence electrons. The zero-order valence-electron chi connectivity index (χ0n) is 7.88. The second-order valence-corrected chi connectivity index (χ2v) is 2.68. The molecule has 0 aromatic carbocycles. The molecule has 0 aliphatic carbocycles. The molecule has 1 rings (SSSR count). The van der Waals surface area contributed by atoms with Crippen LogP contribution in [0.1, 0.15) is 30.3 Å². The van der Waals surface area contributed by atoms with Crippen molar-refractivity contribution in [3.8, 4) is 11.8 Å². The standard InChI is InChI=1S/C11H10FNO/c1-2-3-4-7-10(14)11-9(12)6-5-8-13-11/h5-6,8H,4,7H2,1H3. The summed E-state index contributed by atoms with van der Waals surface area (Å²) in [6.45, 7) is 1.70. The number of nitrogens with zero attached hydrogens (tertiary/aromatic N) is 1. The average molecular weight is 191 g/mol. The first-order chi connectivity index (χ1) is 6.75. The second-order valence-electron chi connectivity index (χ2n) is 2.68. The van der Waals surface area contributed by atoms with Crippen LogP contribution >= 0.6 is 0 Å². The number of halogens is 1. The normalized spacial score (nSPS) is 9.00. The van der Waals surface area contributed by atoms with E-state index in [-0.39, 0.29) is 17.9 Å². The quantitative estimate of drug-likeness (QED) is 0.541. The molecular weight excluding hydrogens is 181 g/mol. The topological polar surface area (TPSA) is 30.0 Å². The fourth-order valence-corrected chi connectivity index (χ4v) is 1.01. The van der Waals surface area contributed by atoms with Crippen LogP contribution in [0.15, 0.2) is 18.3 Å². The SMILES string of the molecule is CC#CCCC(=O)c1ncccc1F. The highest BCUT2D eigenvalue weighted by atomic mass is 19.1. The first kappa shape index (κ1) is 10.4. The largest absolute Gasteiger partial charge is 0.292 e. The van der Waals surface area contributed by atoms with E-state index < -0.39 is 5.82 Å². The van der Waals surface area contributed by atoms with E-state index in [1.807, 2.05) is 0 Å². The third-order valence-corrected chi connectivity index (χ3v) is 1.68. The first-order valence-corrected chi connectivity index (χ1v) is 4.29. The van der Waals surface area contributed by atoms with Crippen molar-refractivity contribution in [2.75, 3.05) is 0 Å². The van der Waals surface area contributed by atoms with E-state index in [4.69, 9.17) is 0 Å². The van der Waals surface area contributed by atoms with Crippen LogP contribution in [0.2, 0.25) is 0 Å². The summed E-state index contributed by atoms with van der Waals surface area (Å²) in [7, 11) is 0. The average Bonchev–Trinajstić information content (AvgIpc) is 2.18. The number of aromatic nitrogens is 1. The molecule has 0 atom stereocenters. The molecule has 14 heavy (non-hydrogen) atoms. The molecule has 0 aliphatic rings. The van der Waals surface area contributed by atoms with Crippen LogP contribution < -0.4 is 0 Å². The number of ketones is 1. The van der Waals surface area contributed by atoms with Gasteiger partial charge in [0, 0.05) is 19.0 Å². The highest BCUT2D eigenvalue weighted by molar-refractivity contribution is 5.94. The Hall–Kier alpha value is -1.69. The molecule has 1 heterocycles. The minimum atomic E-state index is -0.568. The van der Waals surface area contributed by atoms with Crippen molar-refractivity contribution < 1.29 is 9.18 Å². The Morgan fingerprint density at radius 3 is 3.07 bits per heavy atom. The molecule has 0 saturated carbocycles. The lowest BCUT2D eigenvalue weighted by molar-refractivity contribution is 0.0975. The lowest BCUT2D eigenvalue weighted by Gasteiger charge is -1.97. The summed E-state index contributed by atoms with van der Waals surface area (Å²) in [6.07, 6.45) is 2.07. The van der Waals surface area contributed by atoms with Gasteiger partial charge in [-0.25, -0.2) is 4.39 Å². The van der Waals surface area contributed by atoms with Gasteiger partial charge < -0.3 is 0 Å². The zero-order valence-corrected chi connectivity index (χ0v) is 7.88. The lowest BCUT2D eigenvalue weighted by atomic mass is 10.1. The van der Waals surface area contributed by atoms with Gasteiger partial charge in [-0.1, -0.05) is 0 Å². The monoisotopic (exact) mass is 191 g/mol. The maximum atomic E-state index is 13.0. The van der Waals surface area contributed by atoms with Gasteiger partial charge in [-0.15, -0.1) is 11.8 Å². The van der Waals surface area contributed by atoms with Crippen molar-refractivity contribution in [2.45, 2.75) is 19.8 Å². The molecule has 0 bridgehead atoms. The number of rotatable bonds is 3. The molecule has 0 fully saturated rings. The Morgan fingerprint density at radius 1 is 1.64 bits per heavy atom. The van der Waals surface area contributed by atoms with E-state index in [0.717, 1.165) is 0 Å². The Balaban J connectivity index is 2.68. The zero-order chi connectivity index (χ0) is 10.4. The fraction of sp³-hybridized carbons (Fsp3) is 0.273. The van der Waals surface area contributed by atoms with Crippen molar-refractivity contribution in [3.05, 3.63) is 29.8 Å². The van der Waals surface area contributed by atoms with E-state index in [9.17, 15) is 9.18 Å². The van der Waals surface area contributed by atoms with Crippen LogP contribution in [-0.4, -0.2) is 10.8 Å². The van der Waals surface area contributed by atoms with Gasteiger partial charge in [0.05, 0.1) is 0 Å². The molecule has 0 spiro atoms. The molecular formula is C11H10FNO. The van der Waals surface area contributed by atoms with Crippen molar-refractivity contribution in [2.24, 2.45) is 0 Å². The van der Waals surface area contributed by atoms with Gasteiger partial charge in [0.1, 0.15) is 5.69 Å². The van der Waals surface area contributed by atoms with Gasteiger partial charge in [-0.3, -0.25) is 9.78 Å². The van der Waals surface area contributed by atoms with Crippen LogP contribution in [-0.2, 0) is 0 Å². The summed E-state index contributed by atoms with van der Waals surface area (Å²) >= 11 is 0. The third-order valence-electron chi connectivity index (χ3n) is 1.68. The Bertz CT molecular complexity index is 390. The third kappa shape index (κ3) is 2.67. The highest BCUT2D eigenvalue weighted by Gasteiger charge is 2.11. The van der Waals surface area contributed by atoms with Crippen LogP contribution in [0, 0.1) is 17.7 Å². The summed E-state index contributed by atoms with van der Waals surface area (Å²) in [5.41, 5.74) is -0.0922. The smallest absolute Gasteiger partial charge is 0.185 e. The van der Waals surface area contributed by atoms with Gasteiger partial charge in [0.2, 0.25) is 0 Å². The fourth-order valence-electron chi connectivity index (χ4n) is 1.01. The predicted molar refractivity (Wildman–Crippen MR) is 51.2 cm³/mol. The molecule has 0 saturated heterocycles. The van der Waals surface area contributed by atoms with Crippen LogP contribution in [0.25, 0.3) is 0 Å². The van der Waals surface area contributed by atoms with Gasteiger partial charge >= 0.3 is 0 Å². The number of hydrogen-bond acceptors (Lipinski definition) is 2.